The fourth-order valence-corrected chi connectivity index (χ4v) is 4.60. The van der Waals surface area contributed by atoms with Crippen molar-refractivity contribution in [2.75, 3.05) is 37.7 Å². The number of anilines is 1. The summed E-state index contributed by atoms with van der Waals surface area (Å²) in [6.45, 7) is 5.17. The van der Waals surface area contributed by atoms with Gasteiger partial charge in [-0.2, -0.15) is 11.3 Å². The zero-order valence-electron chi connectivity index (χ0n) is 14.6. The molecule has 2 aromatic heterocycles. The number of ether oxygens (including phenoxy) is 1. The number of pyridine rings is 1. The Morgan fingerprint density at radius 1 is 1.31 bits per heavy atom. The molecule has 0 amide bonds. The van der Waals surface area contributed by atoms with Gasteiger partial charge in [0.05, 0.1) is 12.2 Å². The van der Waals surface area contributed by atoms with Crippen molar-refractivity contribution in [1.29, 1.82) is 0 Å². The molecule has 138 valence electrons. The minimum Gasteiger partial charge on any atom is -0.478 e. The van der Waals surface area contributed by atoms with Crippen LogP contribution < -0.4 is 4.90 Å². The summed E-state index contributed by atoms with van der Waals surface area (Å²) in [4.78, 5) is 20.3. The number of carboxylic acids is 1. The molecular weight excluding hydrogens is 350 g/mol. The average molecular weight is 373 g/mol. The van der Waals surface area contributed by atoms with Crippen LogP contribution in [0.1, 0.15) is 28.8 Å². The number of morpholine rings is 1. The summed E-state index contributed by atoms with van der Waals surface area (Å²) in [5.41, 5.74) is 1.51. The Hall–Kier alpha value is -1.96. The monoisotopic (exact) mass is 373 g/mol. The van der Waals surface area contributed by atoms with Crippen molar-refractivity contribution in [2.24, 2.45) is 0 Å². The number of thiophene rings is 1. The topological polar surface area (TPSA) is 65.9 Å². The number of carboxylic acid groups (broad SMARTS) is 1. The number of nitrogens with zero attached hydrogens (tertiary/aromatic N) is 3. The molecule has 7 heteroatoms. The van der Waals surface area contributed by atoms with Gasteiger partial charge in [0, 0.05) is 38.9 Å². The van der Waals surface area contributed by atoms with Crippen LogP contribution in [-0.4, -0.2) is 59.3 Å². The van der Waals surface area contributed by atoms with Gasteiger partial charge in [-0.3, -0.25) is 4.90 Å². The average Bonchev–Trinajstić information content (AvgIpc) is 3.15. The van der Waals surface area contributed by atoms with Gasteiger partial charge in [-0.05, 0) is 47.4 Å². The lowest BCUT2D eigenvalue weighted by atomic mass is 9.89. The van der Waals surface area contributed by atoms with Crippen LogP contribution >= 0.6 is 11.3 Å². The molecule has 0 unspecified atom stereocenters. The highest BCUT2D eigenvalue weighted by molar-refractivity contribution is 7.07. The predicted octanol–water partition coefficient (Wildman–Crippen LogP) is 2.71. The molecule has 0 aromatic carbocycles. The molecule has 0 atom stereocenters. The Kier molecular flexibility index (Phi) is 4.93. The first kappa shape index (κ1) is 17.5. The van der Waals surface area contributed by atoms with Gasteiger partial charge in [0.1, 0.15) is 11.4 Å². The second kappa shape index (κ2) is 7.34. The van der Waals surface area contributed by atoms with E-state index in [2.05, 4.69) is 31.6 Å². The van der Waals surface area contributed by atoms with Gasteiger partial charge < -0.3 is 14.7 Å². The molecule has 2 aliphatic heterocycles. The Morgan fingerprint density at radius 3 is 2.88 bits per heavy atom. The molecule has 2 aromatic rings. The maximum Gasteiger partial charge on any atom is 0.339 e. The molecule has 0 aliphatic carbocycles. The third kappa shape index (κ3) is 3.60. The molecule has 2 aliphatic rings. The normalized spacial score (nSPS) is 20.4. The van der Waals surface area contributed by atoms with Crippen LogP contribution in [0.5, 0.6) is 0 Å². The Bertz CT molecular complexity index is 757. The van der Waals surface area contributed by atoms with Crippen LogP contribution in [0.4, 0.5) is 5.82 Å². The number of hydrogen-bond donors (Lipinski definition) is 1. The SMILES string of the molecule is O=C(O)c1cccnc1N1CCC2(CC1)CN(Cc1ccsc1)CCO2. The lowest BCUT2D eigenvalue weighted by molar-refractivity contribution is -0.122. The minimum absolute atomic E-state index is 0.122. The lowest BCUT2D eigenvalue weighted by Gasteiger charge is -2.47. The molecule has 4 rings (SSSR count). The Labute approximate surface area is 157 Å². The van der Waals surface area contributed by atoms with Gasteiger partial charge in [-0.1, -0.05) is 0 Å². The zero-order chi connectivity index (χ0) is 18.0. The van der Waals surface area contributed by atoms with Crippen LogP contribution in [-0.2, 0) is 11.3 Å². The van der Waals surface area contributed by atoms with E-state index in [1.807, 2.05) is 0 Å². The third-order valence-corrected chi connectivity index (χ3v) is 6.04. The Balaban J connectivity index is 1.42. The number of aromatic nitrogens is 1. The van der Waals surface area contributed by atoms with Crippen molar-refractivity contribution < 1.29 is 14.6 Å². The van der Waals surface area contributed by atoms with Gasteiger partial charge in [0.15, 0.2) is 0 Å². The second-order valence-electron chi connectivity index (χ2n) is 7.04. The van der Waals surface area contributed by atoms with Crippen LogP contribution in [0.2, 0.25) is 0 Å². The molecule has 6 nitrogen and oxygen atoms in total. The molecule has 1 spiro atoms. The van der Waals surface area contributed by atoms with E-state index in [1.165, 1.54) is 5.56 Å². The summed E-state index contributed by atoms with van der Waals surface area (Å²) in [7, 11) is 0. The maximum atomic E-state index is 11.5. The van der Waals surface area contributed by atoms with Crippen LogP contribution in [0.3, 0.4) is 0 Å². The summed E-state index contributed by atoms with van der Waals surface area (Å²) in [6.07, 6.45) is 3.44. The predicted molar refractivity (Wildman–Crippen MR) is 101 cm³/mol. The molecule has 4 heterocycles. The molecule has 26 heavy (non-hydrogen) atoms. The maximum absolute atomic E-state index is 11.5. The Morgan fingerprint density at radius 2 is 2.15 bits per heavy atom. The van der Waals surface area contributed by atoms with Gasteiger partial charge in [-0.25, -0.2) is 9.78 Å². The molecule has 1 N–H and O–H groups in total. The van der Waals surface area contributed by atoms with Gasteiger partial charge in [0.2, 0.25) is 0 Å². The largest absolute Gasteiger partial charge is 0.478 e. The van der Waals surface area contributed by atoms with E-state index in [0.29, 0.717) is 5.82 Å². The molecule has 0 bridgehead atoms. The lowest BCUT2D eigenvalue weighted by Crippen LogP contribution is -2.56. The van der Waals surface area contributed by atoms with E-state index in [0.717, 1.165) is 52.2 Å². The van der Waals surface area contributed by atoms with E-state index in [4.69, 9.17) is 4.74 Å². The quantitative estimate of drug-likeness (QED) is 0.889. The summed E-state index contributed by atoms with van der Waals surface area (Å²) < 4.78 is 6.22. The highest BCUT2D eigenvalue weighted by Gasteiger charge is 2.40. The third-order valence-electron chi connectivity index (χ3n) is 5.31. The second-order valence-corrected chi connectivity index (χ2v) is 7.82. The van der Waals surface area contributed by atoms with Crippen molar-refractivity contribution in [3.8, 4) is 0 Å². The number of hydrogen-bond acceptors (Lipinski definition) is 6. The van der Waals surface area contributed by atoms with Crippen LogP contribution in [0.15, 0.2) is 35.2 Å². The van der Waals surface area contributed by atoms with E-state index in [9.17, 15) is 9.90 Å². The highest BCUT2D eigenvalue weighted by atomic mass is 32.1. The van der Waals surface area contributed by atoms with E-state index in [1.54, 1.807) is 29.7 Å². The van der Waals surface area contributed by atoms with Crippen molar-refractivity contribution in [2.45, 2.75) is 25.0 Å². The fourth-order valence-electron chi connectivity index (χ4n) is 3.94. The summed E-state index contributed by atoms with van der Waals surface area (Å²) in [6, 6.07) is 5.48. The van der Waals surface area contributed by atoms with Crippen LogP contribution in [0, 0.1) is 0 Å². The first-order chi connectivity index (χ1) is 12.7. The standard InChI is InChI=1S/C19H23N3O3S/c23-18(24)16-2-1-6-20-17(16)22-7-4-19(5-8-22)14-21(9-10-25-19)12-15-3-11-26-13-15/h1-3,6,11,13H,4-5,7-10,12,14H2,(H,23,24). The van der Waals surface area contributed by atoms with Crippen molar-refractivity contribution in [1.82, 2.24) is 9.88 Å². The first-order valence-electron chi connectivity index (χ1n) is 8.96. The van der Waals surface area contributed by atoms with E-state index < -0.39 is 5.97 Å². The molecule has 0 radical (unpaired) electrons. The summed E-state index contributed by atoms with van der Waals surface area (Å²) >= 11 is 1.74. The summed E-state index contributed by atoms with van der Waals surface area (Å²) in [5, 5.41) is 13.7. The molecule has 0 saturated carbocycles. The number of aromatic carboxylic acids is 1. The van der Waals surface area contributed by atoms with Gasteiger partial charge in [-0.15, -0.1) is 0 Å². The number of carbonyl (C=O) groups is 1. The zero-order valence-corrected chi connectivity index (χ0v) is 15.5. The number of piperidine rings is 1. The fraction of sp³-hybridized carbons (Fsp3) is 0.474. The first-order valence-corrected chi connectivity index (χ1v) is 9.90. The molecule has 2 fully saturated rings. The van der Waals surface area contributed by atoms with Crippen molar-refractivity contribution in [3.05, 3.63) is 46.3 Å². The van der Waals surface area contributed by atoms with Gasteiger partial charge in [0.25, 0.3) is 0 Å². The van der Waals surface area contributed by atoms with E-state index in [-0.39, 0.29) is 11.2 Å². The summed E-state index contributed by atoms with van der Waals surface area (Å²) in [5.74, 6) is -0.356. The van der Waals surface area contributed by atoms with Crippen molar-refractivity contribution in [3.63, 3.8) is 0 Å². The molecular formula is C19H23N3O3S. The van der Waals surface area contributed by atoms with E-state index >= 15 is 0 Å². The van der Waals surface area contributed by atoms with Gasteiger partial charge >= 0.3 is 5.97 Å². The van der Waals surface area contributed by atoms with Crippen LogP contribution in [0.25, 0.3) is 0 Å². The van der Waals surface area contributed by atoms with Crippen molar-refractivity contribution >= 4 is 23.1 Å². The number of rotatable bonds is 4. The highest BCUT2D eigenvalue weighted by Crippen LogP contribution is 2.33. The smallest absolute Gasteiger partial charge is 0.339 e. The molecule has 2 saturated heterocycles. The minimum atomic E-state index is -0.927.